The van der Waals surface area contributed by atoms with Crippen molar-refractivity contribution in [2.75, 3.05) is 22.9 Å². The normalized spacial score (nSPS) is 14.2. The van der Waals surface area contributed by atoms with Crippen molar-refractivity contribution in [2.24, 2.45) is 0 Å². The predicted octanol–water partition coefficient (Wildman–Crippen LogP) is 12.1. The molecule has 0 unspecified atom stereocenters. The van der Waals surface area contributed by atoms with Gasteiger partial charge in [0.15, 0.2) is 6.17 Å². The van der Waals surface area contributed by atoms with Gasteiger partial charge in [-0.05, 0) is 76.3 Å². The highest BCUT2D eigenvalue weighted by molar-refractivity contribution is 6.09. The fraction of sp³-hybridized carbons (Fsp3) is 0.311. The number of nitrogens with zero attached hydrogens (tertiary/aromatic N) is 3. The summed E-state index contributed by atoms with van der Waals surface area (Å²) in [6, 6.07) is 40.8. The van der Waals surface area contributed by atoms with Gasteiger partial charge in [-0.15, -0.1) is 0 Å². The molecule has 1 saturated heterocycles. The molecule has 1 aromatic heterocycles. The Morgan fingerprint density at radius 3 is 1.40 bits per heavy atom. The molecule has 1 aliphatic rings. The fourth-order valence-corrected chi connectivity index (χ4v) is 7.92. The number of hydrogen-bond donors (Lipinski definition) is 0. The van der Waals surface area contributed by atoms with E-state index in [0.29, 0.717) is 23.7 Å². The molecular weight excluding hydrogens is 583 g/mol. The topological polar surface area (TPSA) is 11.4 Å². The van der Waals surface area contributed by atoms with Crippen molar-refractivity contribution in [3.05, 3.63) is 143 Å². The SMILES string of the molecule is CC(C)c1cccc(C(C)C)c1N1CCN(c2c(C(C)C)cccc2C(C)C)[C]1c1ccc2c(c1)c1ccccc1n2-c1ccccc1. The maximum atomic E-state index is 2.67. The number of fused-ring (bicyclic) bond motifs is 3. The van der Waals surface area contributed by atoms with Crippen molar-refractivity contribution in [1.29, 1.82) is 0 Å². The van der Waals surface area contributed by atoms with E-state index in [1.54, 1.807) is 0 Å². The van der Waals surface area contributed by atoms with Crippen molar-refractivity contribution >= 4 is 33.2 Å². The van der Waals surface area contributed by atoms with E-state index in [2.05, 4.69) is 179 Å². The third-order valence-corrected chi connectivity index (χ3v) is 10.2. The van der Waals surface area contributed by atoms with E-state index >= 15 is 0 Å². The molecular formula is C45H50N3. The summed E-state index contributed by atoms with van der Waals surface area (Å²) in [5.74, 6) is 1.65. The minimum atomic E-state index is 0.412. The monoisotopic (exact) mass is 632 g/mol. The summed E-state index contributed by atoms with van der Waals surface area (Å²) >= 11 is 0. The van der Waals surface area contributed by atoms with Gasteiger partial charge < -0.3 is 14.4 Å². The van der Waals surface area contributed by atoms with E-state index in [1.807, 2.05) is 0 Å². The van der Waals surface area contributed by atoms with E-state index in [-0.39, 0.29) is 0 Å². The molecule has 3 nitrogen and oxygen atoms in total. The highest BCUT2D eigenvalue weighted by Gasteiger charge is 2.40. The van der Waals surface area contributed by atoms with Crippen LogP contribution >= 0.6 is 0 Å². The van der Waals surface area contributed by atoms with Gasteiger partial charge in [-0.2, -0.15) is 0 Å². The van der Waals surface area contributed by atoms with Crippen molar-refractivity contribution in [2.45, 2.75) is 79.1 Å². The molecule has 0 amide bonds. The summed E-state index contributed by atoms with van der Waals surface area (Å²) < 4.78 is 2.42. The predicted molar refractivity (Wildman–Crippen MR) is 207 cm³/mol. The molecule has 7 rings (SSSR count). The summed E-state index contributed by atoms with van der Waals surface area (Å²) in [5, 5.41) is 2.57. The highest BCUT2D eigenvalue weighted by Crippen LogP contribution is 2.47. The lowest BCUT2D eigenvalue weighted by Gasteiger charge is -2.37. The molecule has 1 aliphatic heterocycles. The van der Waals surface area contributed by atoms with Crippen LogP contribution in [0.15, 0.2) is 109 Å². The minimum absolute atomic E-state index is 0.412. The highest BCUT2D eigenvalue weighted by atomic mass is 15.4. The van der Waals surface area contributed by atoms with Crippen LogP contribution in [0.4, 0.5) is 11.4 Å². The van der Waals surface area contributed by atoms with Gasteiger partial charge in [0.25, 0.3) is 0 Å². The van der Waals surface area contributed by atoms with Crippen molar-refractivity contribution < 1.29 is 0 Å². The molecule has 0 atom stereocenters. The Morgan fingerprint density at radius 2 is 0.896 bits per heavy atom. The molecule has 0 bridgehead atoms. The van der Waals surface area contributed by atoms with Crippen molar-refractivity contribution in [1.82, 2.24) is 4.57 Å². The Labute approximate surface area is 287 Å². The Bertz CT molecular complexity index is 1940. The smallest absolute Gasteiger partial charge is 0.187 e. The molecule has 0 saturated carbocycles. The lowest BCUT2D eigenvalue weighted by Crippen LogP contribution is -2.34. The van der Waals surface area contributed by atoms with Crippen LogP contribution in [0.1, 0.15) is 107 Å². The lowest BCUT2D eigenvalue weighted by molar-refractivity contribution is 0.799. The van der Waals surface area contributed by atoms with Gasteiger partial charge in [0.1, 0.15) is 0 Å². The zero-order chi connectivity index (χ0) is 33.7. The Balaban J connectivity index is 1.51. The van der Waals surface area contributed by atoms with Crippen LogP contribution in [-0.4, -0.2) is 17.7 Å². The van der Waals surface area contributed by atoms with E-state index < -0.39 is 0 Å². The van der Waals surface area contributed by atoms with E-state index in [0.717, 1.165) is 13.1 Å². The zero-order valence-corrected chi connectivity index (χ0v) is 30.0. The number of anilines is 2. The first-order valence-corrected chi connectivity index (χ1v) is 17.9. The van der Waals surface area contributed by atoms with E-state index in [1.165, 1.54) is 72.9 Å². The van der Waals surface area contributed by atoms with Crippen LogP contribution in [0.5, 0.6) is 0 Å². The van der Waals surface area contributed by atoms with Gasteiger partial charge in [-0.3, -0.25) is 0 Å². The van der Waals surface area contributed by atoms with Crippen molar-refractivity contribution in [3.63, 3.8) is 0 Å². The fourth-order valence-electron chi connectivity index (χ4n) is 7.92. The Hall–Kier alpha value is -4.50. The molecule has 1 fully saturated rings. The van der Waals surface area contributed by atoms with Gasteiger partial charge in [0, 0.05) is 46.5 Å². The quantitative estimate of drug-likeness (QED) is 0.165. The lowest BCUT2D eigenvalue weighted by atomic mass is 9.90. The van der Waals surface area contributed by atoms with Gasteiger partial charge in [0.05, 0.1) is 11.0 Å². The average Bonchev–Trinajstić information content (AvgIpc) is 3.67. The van der Waals surface area contributed by atoms with Crippen LogP contribution in [-0.2, 0) is 0 Å². The maximum Gasteiger partial charge on any atom is 0.187 e. The van der Waals surface area contributed by atoms with Gasteiger partial charge >= 0.3 is 0 Å². The molecule has 48 heavy (non-hydrogen) atoms. The third kappa shape index (κ3) is 5.38. The summed E-state index contributed by atoms with van der Waals surface area (Å²) in [7, 11) is 0. The first-order valence-electron chi connectivity index (χ1n) is 17.9. The first kappa shape index (κ1) is 32.1. The number of benzene rings is 5. The van der Waals surface area contributed by atoms with Crippen LogP contribution in [0, 0.1) is 6.17 Å². The molecule has 0 N–H and O–H groups in total. The van der Waals surface area contributed by atoms with E-state index in [9.17, 15) is 0 Å². The molecule has 245 valence electrons. The number of aromatic nitrogens is 1. The molecule has 1 radical (unpaired) electrons. The number of para-hydroxylation sites is 4. The Morgan fingerprint density at radius 1 is 0.438 bits per heavy atom. The molecule has 2 heterocycles. The van der Waals surface area contributed by atoms with Gasteiger partial charge in [-0.1, -0.05) is 134 Å². The summed E-state index contributed by atoms with van der Waals surface area (Å²) in [6.45, 7) is 20.6. The van der Waals surface area contributed by atoms with Crippen LogP contribution in [0.2, 0.25) is 0 Å². The van der Waals surface area contributed by atoms with Crippen LogP contribution in [0.3, 0.4) is 0 Å². The third-order valence-electron chi connectivity index (χ3n) is 10.2. The first-order chi connectivity index (χ1) is 23.2. The van der Waals surface area contributed by atoms with Crippen LogP contribution in [0.25, 0.3) is 27.5 Å². The Kier molecular flexibility index (Phi) is 8.58. The molecule has 6 aromatic rings. The molecule has 0 spiro atoms. The summed E-state index contributed by atoms with van der Waals surface area (Å²) in [6.07, 6.45) is 1.29. The van der Waals surface area contributed by atoms with Gasteiger partial charge in [0.2, 0.25) is 0 Å². The second kappa shape index (κ2) is 12.8. The summed E-state index contributed by atoms with van der Waals surface area (Å²) in [5.41, 5.74) is 13.4. The number of rotatable bonds is 8. The van der Waals surface area contributed by atoms with Crippen LogP contribution < -0.4 is 9.80 Å². The second-order valence-corrected chi connectivity index (χ2v) is 14.7. The second-order valence-electron chi connectivity index (χ2n) is 14.7. The maximum absolute atomic E-state index is 2.67. The van der Waals surface area contributed by atoms with Crippen molar-refractivity contribution in [3.8, 4) is 5.69 Å². The standard InChI is InChI=1S/C45H50N3/c1-29(2)35-19-14-20-36(30(3)4)43(35)46-26-27-47(44-37(31(5)6)21-15-22-38(44)32(7)8)45(46)33-24-25-42-40(28-33)39-18-12-13-23-41(39)48(42)34-16-10-9-11-17-34/h9-25,28-32H,26-27H2,1-8H3. The molecule has 3 heteroatoms. The minimum Gasteiger partial charge on any atom is -0.339 e. The largest absolute Gasteiger partial charge is 0.339 e. The number of hydrogen-bond acceptors (Lipinski definition) is 2. The average molecular weight is 633 g/mol. The molecule has 0 aliphatic carbocycles. The zero-order valence-electron chi connectivity index (χ0n) is 30.0. The summed E-state index contributed by atoms with van der Waals surface area (Å²) in [4.78, 5) is 5.34. The molecule has 5 aromatic carbocycles. The van der Waals surface area contributed by atoms with Gasteiger partial charge in [-0.25, -0.2) is 0 Å². The van der Waals surface area contributed by atoms with E-state index in [4.69, 9.17) is 0 Å².